The van der Waals surface area contributed by atoms with Crippen molar-refractivity contribution in [3.05, 3.63) is 24.3 Å². The molecule has 0 saturated carbocycles. The molecule has 0 aromatic rings. The number of aliphatic hydroxyl groups is 1. The van der Waals surface area contributed by atoms with Gasteiger partial charge in [-0.3, -0.25) is 0 Å². The maximum Gasteiger partial charge on any atom is 0.0670 e. The van der Waals surface area contributed by atoms with Crippen LogP contribution in [-0.2, 0) is 0 Å². The third-order valence-electron chi connectivity index (χ3n) is 3.26. The van der Waals surface area contributed by atoms with Crippen LogP contribution in [0.25, 0.3) is 0 Å². The van der Waals surface area contributed by atoms with E-state index in [1.54, 1.807) is 0 Å². The number of hydrogen-bond donors (Lipinski definition) is 1. The molecule has 0 aromatic carbocycles. The molecule has 0 aromatic heterocycles. The van der Waals surface area contributed by atoms with Gasteiger partial charge in [0, 0.05) is 0 Å². The summed E-state index contributed by atoms with van der Waals surface area (Å²) in [5, 5.41) is 10.2. The van der Waals surface area contributed by atoms with E-state index in [1.807, 2.05) is 26.8 Å². The van der Waals surface area contributed by atoms with Gasteiger partial charge >= 0.3 is 0 Å². The fraction of sp³-hybridized carbons (Fsp3) is 0.692. The van der Waals surface area contributed by atoms with E-state index in [0.717, 1.165) is 19.3 Å². The van der Waals surface area contributed by atoms with E-state index in [2.05, 4.69) is 19.6 Å². The summed E-state index contributed by atoms with van der Waals surface area (Å²) in [6.07, 6.45) is 6.57. The third-order valence-corrected chi connectivity index (χ3v) is 3.26. The first-order valence-electron chi connectivity index (χ1n) is 5.51. The van der Waals surface area contributed by atoms with Crippen molar-refractivity contribution in [3.63, 3.8) is 0 Å². The van der Waals surface area contributed by atoms with E-state index in [0.29, 0.717) is 5.92 Å². The van der Waals surface area contributed by atoms with Crippen LogP contribution < -0.4 is 0 Å². The van der Waals surface area contributed by atoms with Crippen molar-refractivity contribution in [2.24, 2.45) is 5.92 Å². The highest BCUT2D eigenvalue weighted by atomic mass is 16.3. The van der Waals surface area contributed by atoms with Gasteiger partial charge in [-0.25, -0.2) is 0 Å². The van der Waals surface area contributed by atoms with Crippen molar-refractivity contribution in [1.29, 1.82) is 0 Å². The lowest BCUT2D eigenvalue weighted by Gasteiger charge is -2.31. The Bertz CT molecular complexity index is 199. The number of allylic oxidation sites excluding steroid dienone is 3. The lowest BCUT2D eigenvalue weighted by atomic mass is 9.82. The van der Waals surface area contributed by atoms with Crippen LogP contribution in [0.3, 0.4) is 0 Å². The molecule has 1 heteroatoms. The molecule has 0 fully saturated rings. The van der Waals surface area contributed by atoms with Crippen LogP contribution in [0.1, 0.15) is 47.0 Å². The highest BCUT2D eigenvalue weighted by Gasteiger charge is 2.28. The summed E-state index contributed by atoms with van der Waals surface area (Å²) in [7, 11) is 0. The first kappa shape index (κ1) is 13.4. The molecule has 0 bridgehead atoms. The minimum atomic E-state index is -0.502. The van der Waals surface area contributed by atoms with Crippen molar-refractivity contribution in [3.8, 4) is 0 Å². The highest BCUT2D eigenvalue weighted by Crippen LogP contribution is 2.28. The van der Waals surface area contributed by atoms with E-state index in [-0.39, 0.29) is 0 Å². The quantitative estimate of drug-likeness (QED) is 0.642. The fourth-order valence-corrected chi connectivity index (χ4v) is 1.61. The van der Waals surface area contributed by atoms with Crippen molar-refractivity contribution >= 4 is 0 Å². The second-order valence-corrected chi connectivity index (χ2v) is 4.10. The van der Waals surface area contributed by atoms with Gasteiger partial charge in [-0.15, -0.1) is 0 Å². The Kier molecular flexibility index (Phi) is 5.78. The molecule has 0 rings (SSSR count). The first-order chi connectivity index (χ1) is 6.50. The number of hydrogen-bond acceptors (Lipinski definition) is 1. The molecule has 0 radical (unpaired) electrons. The topological polar surface area (TPSA) is 20.2 Å². The standard InChI is InChI=1S/C13H24O/c1-6-11(4)9-10-12(5)13(14,7-2)8-3/h6,9,12,14H,1,7-8,10H2,2-5H3/b11-9+. The predicted molar refractivity (Wildman–Crippen MR) is 63.3 cm³/mol. The second kappa shape index (κ2) is 6.02. The van der Waals surface area contributed by atoms with Crippen LogP contribution in [0.15, 0.2) is 24.3 Å². The summed E-state index contributed by atoms with van der Waals surface area (Å²) in [5.41, 5.74) is 0.684. The molecule has 1 atom stereocenters. The molecule has 0 aliphatic heterocycles. The van der Waals surface area contributed by atoms with Gasteiger partial charge in [0.2, 0.25) is 0 Å². The Balaban J connectivity index is 4.32. The maximum atomic E-state index is 10.2. The van der Waals surface area contributed by atoms with Crippen LogP contribution in [-0.4, -0.2) is 10.7 Å². The van der Waals surface area contributed by atoms with Crippen molar-refractivity contribution < 1.29 is 5.11 Å². The summed E-state index contributed by atoms with van der Waals surface area (Å²) in [5.74, 6) is 0.312. The molecule has 1 unspecified atom stereocenters. The zero-order chi connectivity index (χ0) is 11.2. The van der Waals surface area contributed by atoms with Crippen LogP contribution >= 0.6 is 0 Å². The zero-order valence-electron chi connectivity index (χ0n) is 10.0. The Labute approximate surface area is 88.5 Å². The summed E-state index contributed by atoms with van der Waals surface area (Å²) in [6, 6.07) is 0. The molecule has 0 amide bonds. The van der Waals surface area contributed by atoms with Crippen molar-refractivity contribution in [2.45, 2.75) is 52.6 Å². The maximum absolute atomic E-state index is 10.2. The van der Waals surface area contributed by atoms with Crippen molar-refractivity contribution in [2.75, 3.05) is 0 Å². The van der Waals surface area contributed by atoms with Crippen LogP contribution in [0.4, 0.5) is 0 Å². The average molecular weight is 196 g/mol. The molecular weight excluding hydrogens is 172 g/mol. The Morgan fingerprint density at radius 2 is 1.93 bits per heavy atom. The lowest BCUT2D eigenvalue weighted by Crippen LogP contribution is -2.34. The van der Waals surface area contributed by atoms with Gasteiger partial charge in [0.05, 0.1) is 5.60 Å². The summed E-state index contributed by atoms with van der Waals surface area (Å²) >= 11 is 0. The van der Waals surface area contributed by atoms with Gasteiger partial charge in [-0.2, -0.15) is 0 Å². The molecule has 0 saturated heterocycles. The van der Waals surface area contributed by atoms with Gasteiger partial charge in [0.25, 0.3) is 0 Å². The largest absolute Gasteiger partial charge is 0.390 e. The molecule has 0 aliphatic carbocycles. The molecule has 0 heterocycles. The van der Waals surface area contributed by atoms with Gasteiger partial charge in [0.1, 0.15) is 0 Å². The molecule has 1 nitrogen and oxygen atoms in total. The smallest absolute Gasteiger partial charge is 0.0670 e. The SMILES string of the molecule is C=C/C(C)=C/CC(C)C(O)(CC)CC. The molecule has 0 aliphatic rings. The predicted octanol–water partition coefficient (Wildman–Crippen LogP) is 3.70. The average Bonchev–Trinajstić information content (AvgIpc) is 2.23. The summed E-state index contributed by atoms with van der Waals surface area (Å²) in [6.45, 7) is 12.0. The van der Waals surface area contributed by atoms with Crippen LogP contribution in [0.5, 0.6) is 0 Å². The van der Waals surface area contributed by atoms with Gasteiger partial charge < -0.3 is 5.11 Å². The van der Waals surface area contributed by atoms with Crippen LogP contribution in [0.2, 0.25) is 0 Å². The summed E-state index contributed by atoms with van der Waals surface area (Å²) < 4.78 is 0. The minimum absolute atomic E-state index is 0.312. The zero-order valence-corrected chi connectivity index (χ0v) is 10.0. The first-order valence-corrected chi connectivity index (χ1v) is 5.51. The minimum Gasteiger partial charge on any atom is -0.390 e. The van der Waals surface area contributed by atoms with Gasteiger partial charge in [0.15, 0.2) is 0 Å². The van der Waals surface area contributed by atoms with E-state index >= 15 is 0 Å². The van der Waals surface area contributed by atoms with E-state index in [4.69, 9.17) is 0 Å². The van der Waals surface area contributed by atoms with Crippen molar-refractivity contribution in [1.82, 2.24) is 0 Å². The molecule has 82 valence electrons. The lowest BCUT2D eigenvalue weighted by molar-refractivity contribution is -0.0179. The highest BCUT2D eigenvalue weighted by molar-refractivity contribution is 5.13. The molecular formula is C13H24O. The third kappa shape index (κ3) is 3.67. The van der Waals surface area contributed by atoms with E-state index < -0.39 is 5.60 Å². The Hall–Kier alpha value is -0.560. The van der Waals surface area contributed by atoms with E-state index in [9.17, 15) is 5.11 Å². The Morgan fingerprint density at radius 1 is 1.43 bits per heavy atom. The number of rotatable bonds is 6. The Morgan fingerprint density at radius 3 is 2.29 bits per heavy atom. The van der Waals surface area contributed by atoms with Gasteiger partial charge in [-0.05, 0) is 32.1 Å². The molecule has 0 spiro atoms. The normalized spacial score (nSPS) is 15.4. The molecule has 1 N–H and O–H groups in total. The van der Waals surface area contributed by atoms with E-state index in [1.165, 1.54) is 5.57 Å². The van der Waals surface area contributed by atoms with Gasteiger partial charge in [-0.1, -0.05) is 45.1 Å². The molecule has 14 heavy (non-hydrogen) atoms. The monoisotopic (exact) mass is 196 g/mol. The fourth-order valence-electron chi connectivity index (χ4n) is 1.61. The van der Waals surface area contributed by atoms with Crippen LogP contribution in [0, 0.1) is 5.92 Å². The second-order valence-electron chi connectivity index (χ2n) is 4.10. The summed E-state index contributed by atoms with van der Waals surface area (Å²) in [4.78, 5) is 0.